The third-order valence-corrected chi connectivity index (χ3v) is 11.0. The van der Waals surface area contributed by atoms with Crippen LogP contribution >= 0.6 is 34.8 Å². The number of hydrogen-bond donors (Lipinski definition) is 1. The highest BCUT2D eigenvalue weighted by atomic mass is 35.5. The number of sulfonamides is 1. The molecule has 0 aliphatic carbocycles. The summed E-state index contributed by atoms with van der Waals surface area (Å²) in [6.07, 6.45) is 4.03. The van der Waals surface area contributed by atoms with E-state index >= 15 is 0 Å². The molecule has 2 fully saturated rings. The molecule has 0 spiro atoms. The van der Waals surface area contributed by atoms with E-state index in [2.05, 4.69) is 26.7 Å². The number of nitrogens with zero attached hydrogens (tertiary/aromatic N) is 2. The smallest absolute Gasteiger partial charge is 0.214 e. The average molecular weight is 621 g/mol. The summed E-state index contributed by atoms with van der Waals surface area (Å²) < 4.78 is 29.2. The van der Waals surface area contributed by atoms with Crippen molar-refractivity contribution in [1.82, 2.24) is 9.62 Å². The van der Waals surface area contributed by atoms with Crippen molar-refractivity contribution in [2.45, 2.75) is 49.9 Å². The first-order valence-corrected chi connectivity index (χ1v) is 16.7. The van der Waals surface area contributed by atoms with E-state index in [9.17, 15) is 8.42 Å². The number of nitrogens with one attached hydrogen (secondary N) is 1. The van der Waals surface area contributed by atoms with Gasteiger partial charge in [-0.1, -0.05) is 71.2 Å². The highest BCUT2D eigenvalue weighted by Gasteiger charge is 2.33. The van der Waals surface area contributed by atoms with Crippen LogP contribution in [0, 0.1) is 5.92 Å². The Balaban J connectivity index is 1.16. The molecule has 2 saturated heterocycles. The molecule has 5 rings (SSSR count). The first kappa shape index (κ1) is 29.7. The van der Waals surface area contributed by atoms with Crippen molar-refractivity contribution in [1.29, 1.82) is 0 Å². The first-order chi connectivity index (χ1) is 19.3. The topological polar surface area (TPSA) is 52.7 Å². The molecule has 0 saturated carbocycles. The molecule has 0 bridgehead atoms. The molecule has 1 N–H and O–H groups in total. The van der Waals surface area contributed by atoms with Gasteiger partial charge < -0.3 is 4.90 Å². The molecular formula is C31H36Cl3N3O2S. The molecular weight excluding hydrogens is 585 g/mol. The predicted octanol–water partition coefficient (Wildman–Crippen LogP) is 7.58. The number of hydrogen-bond acceptors (Lipinski definition) is 4. The largest absolute Gasteiger partial charge is 0.364 e. The zero-order valence-electron chi connectivity index (χ0n) is 22.5. The van der Waals surface area contributed by atoms with Gasteiger partial charge in [-0.2, -0.15) is 0 Å². The van der Waals surface area contributed by atoms with Gasteiger partial charge in [0.2, 0.25) is 10.0 Å². The number of rotatable bonds is 9. The Kier molecular flexibility index (Phi) is 9.98. The van der Waals surface area contributed by atoms with E-state index in [1.165, 1.54) is 5.56 Å². The zero-order chi connectivity index (χ0) is 28.1. The van der Waals surface area contributed by atoms with E-state index in [0.29, 0.717) is 40.4 Å². The molecule has 2 aliphatic rings. The van der Waals surface area contributed by atoms with Gasteiger partial charge in [0.25, 0.3) is 0 Å². The SMILES string of the molecule is O=S(=O)(NCC[C@@H]1CC[C@@H](c2ccc(Cl)cc2Cl)N(c2ccc(Cl)cc2)C1)C1CCN(Cc2ccccc2)CC1. The van der Waals surface area contributed by atoms with Crippen LogP contribution in [-0.4, -0.2) is 44.7 Å². The Morgan fingerprint density at radius 1 is 0.825 bits per heavy atom. The molecule has 3 aromatic carbocycles. The first-order valence-electron chi connectivity index (χ1n) is 14.0. The Hall–Kier alpha value is -1.80. The van der Waals surface area contributed by atoms with E-state index in [1.807, 2.05) is 54.6 Å². The Labute approximate surface area is 253 Å². The maximum absolute atomic E-state index is 13.1. The Morgan fingerprint density at radius 2 is 1.52 bits per heavy atom. The van der Waals surface area contributed by atoms with E-state index in [-0.39, 0.29) is 11.3 Å². The fourth-order valence-electron chi connectivity index (χ4n) is 6.04. The second kappa shape index (κ2) is 13.5. The van der Waals surface area contributed by atoms with E-state index in [1.54, 1.807) is 6.07 Å². The van der Waals surface area contributed by atoms with Crippen LogP contribution in [0.3, 0.4) is 0 Å². The summed E-state index contributed by atoms with van der Waals surface area (Å²) in [5.41, 5.74) is 3.40. The summed E-state index contributed by atoms with van der Waals surface area (Å²) in [4.78, 5) is 4.72. The molecule has 214 valence electrons. The standard InChI is InChI=1S/C31H36Cl3N3O2S/c32-25-7-10-27(11-8-25)37-22-24(6-13-31(37)29-12-9-26(33)20-30(29)34)14-17-35-40(38,39)28-15-18-36(19-16-28)21-23-4-2-1-3-5-23/h1-5,7-12,20,24,28,31,35H,6,13-19,21-22H2/t24-,31-/m0/s1. The normalized spacial score (nSPS) is 21.0. The Morgan fingerprint density at radius 3 is 2.23 bits per heavy atom. The highest BCUT2D eigenvalue weighted by molar-refractivity contribution is 7.90. The summed E-state index contributed by atoms with van der Waals surface area (Å²) in [6, 6.07) is 24.0. The molecule has 3 aromatic rings. The van der Waals surface area contributed by atoms with Crippen molar-refractivity contribution in [3.63, 3.8) is 0 Å². The molecule has 2 heterocycles. The van der Waals surface area contributed by atoms with Gasteiger partial charge in [0.15, 0.2) is 0 Å². The van der Waals surface area contributed by atoms with Gasteiger partial charge in [-0.05, 0) is 98.6 Å². The van der Waals surface area contributed by atoms with Gasteiger partial charge in [0, 0.05) is 40.4 Å². The Bertz CT molecular complexity index is 1360. The molecule has 9 heteroatoms. The fraction of sp³-hybridized carbons (Fsp3) is 0.419. The van der Waals surface area contributed by atoms with Crippen LogP contribution in [0.5, 0.6) is 0 Å². The van der Waals surface area contributed by atoms with Crippen molar-refractivity contribution >= 4 is 50.5 Å². The van der Waals surface area contributed by atoms with Crippen LogP contribution in [-0.2, 0) is 16.6 Å². The summed E-state index contributed by atoms with van der Waals surface area (Å²) in [5, 5.41) is 1.65. The second-order valence-corrected chi connectivity index (χ2v) is 14.3. The fourth-order valence-corrected chi connectivity index (χ4v) is 8.17. The molecule has 40 heavy (non-hydrogen) atoms. The number of benzene rings is 3. The second-order valence-electron chi connectivity index (χ2n) is 10.9. The summed E-state index contributed by atoms with van der Waals surface area (Å²) in [5.74, 6) is 0.355. The van der Waals surface area contributed by atoms with E-state index in [0.717, 1.165) is 56.7 Å². The highest BCUT2D eigenvalue weighted by Crippen LogP contribution is 2.41. The molecule has 0 amide bonds. The lowest BCUT2D eigenvalue weighted by Gasteiger charge is -2.42. The van der Waals surface area contributed by atoms with Gasteiger partial charge in [0.1, 0.15) is 0 Å². The minimum atomic E-state index is -3.35. The summed E-state index contributed by atoms with van der Waals surface area (Å²) in [7, 11) is -3.35. The zero-order valence-corrected chi connectivity index (χ0v) is 25.6. The predicted molar refractivity (Wildman–Crippen MR) is 167 cm³/mol. The minimum absolute atomic E-state index is 0.111. The van der Waals surface area contributed by atoms with Crippen molar-refractivity contribution in [3.05, 3.63) is 99.0 Å². The van der Waals surface area contributed by atoms with Crippen LogP contribution in [0.4, 0.5) is 5.69 Å². The van der Waals surface area contributed by atoms with Crippen molar-refractivity contribution < 1.29 is 8.42 Å². The lowest BCUT2D eigenvalue weighted by molar-refractivity contribution is 0.221. The summed E-state index contributed by atoms with van der Waals surface area (Å²) in [6.45, 7) is 3.74. The quantitative estimate of drug-likeness (QED) is 0.268. The number of anilines is 1. The lowest BCUT2D eigenvalue weighted by Crippen LogP contribution is -2.44. The van der Waals surface area contributed by atoms with Crippen LogP contribution < -0.4 is 9.62 Å². The van der Waals surface area contributed by atoms with Crippen molar-refractivity contribution in [2.24, 2.45) is 5.92 Å². The van der Waals surface area contributed by atoms with Gasteiger partial charge >= 0.3 is 0 Å². The number of piperidine rings is 2. The number of halogens is 3. The summed E-state index contributed by atoms with van der Waals surface area (Å²) >= 11 is 19.0. The van der Waals surface area contributed by atoms with Gasteiger partial charge in [0.05, 0.1) is 11.3 Å². The maximum atomic E-state index is 13.1. The monoisotopic (exact) mass is 619 g/mol. The molecule has 2 aliphatic heterocycles. The molecule has 0 radical (unpaired) electrons. The maximum Gasteiger partial charge on any atom is 0.214 e. The van der Waals surface area contributed by atoms with Crippen LogP contribution in [0.2, 0.25) is 15.1 Å². The lowest BCUT2D eigenvalue weighted by atomic mass is 9.86. The minimum Gasteiger partial charge on any atom is -0.364 e. The van der Waals surface area contributed by atoms with Crippen molar-refractivity contribution in [2.75, 3.05) is 31.1 Å². The molecule has 2 atom stereocenters. The van der Waals surface area contributed by atoms with Crippen molar-refractivity contribution in [3.8, 4) is 0 Å². The number of likely N-dealkylation sites (tertiary alicyclic amines) is 1. The molecule has 0 aromatic heterocycles. The average Bonchev–Trinajstić information content (AvgIpc) is 2.94. The molecule has 0 unspecified atom stereocenters. The van der Waals surface area contributed by atoms with Crippen LogP contribution in [0.25, 0.3) is 0 Å². The molecule has 5 nitrogen and oxygen atoms in total. The van der Waals surface area contributed by atoms with Gasteiger partial charge in [-0.15, -0.1) is 0 Å². The van der Waals surface area contributed by atoms with Gasteiger partial charge in [-0.3, -0.25) is 4.90 Å². The van der Waals surface area contributed by atoms with Gasteiger partial charge in [-0.25, -0.2) is 13.1 Å². The van der Waals surface area contributed by atoms with E-state index < -0.39 is 10.0 Å². The third kappa shape index (κ3) is 7.53. The van der Waals surface area contributed by atoms with E-state index in [4.69, 9.17) is 34.8 Å². The van der Waals surface area contributed by atoms with Crippen LogP contribution in [0.15, 0.2) is 72.8 Å². The third-order valence-electron chi connectivity index (χ3n) is 8.24. The van der Waals surface area contributed by atoms with Crippen LogP contribution in [0.1, 0.15) is 49.3 Å².